The van der Waals surface area contributed by atoms with Gasteiger partial charge in [0.2, 0.25) is 0 Å². The molecule has 0 saturated heterocycles. The van der Waals surface area contributed by atoms with Gasteiger partial charge in [0.1, 0.15) is 11.3 Å². The molecule has 0 unspecified atom stereocenters. The number of carbonyl (C=O) groups excluding carboxylic acids is 1. The summed E-state index contributed by atoms with van der Waals surface area (Å²) in [5.74, 6) is 0.191. The third kappa shape index (κ3) is 4.46. The van der Waals surface area contributed by atoms with Crippen LogP contribution in [0, 0.1) is 17.2 Å². The summed E-state index contributed by atoms with van der Waals surface area (Å²) in [6, 6.07) is 8.91. The average molecular weight is 281 g/mol. The molecular formula is C14H17ClN2O2. The van der Waals surface area contributed by atoms with Crippen LogP contribution in [0.1, 0.15) is 20.8 Å². The molecule has 1 atom stereocenters. The van der Waals surface area contributed by atoms with Gasteiger partial charge in [-0.15, -0.1) is 0 Å². The van der Waals surface area contributed by atoms with Crippen molar-refractivity contribution in [3.63, 3.8) is 0 Å². The first kappa shape index (κ1) is 15.3. The number of hydrogen-bond acceptors (Lipinski definition) is 3. The molecule has 0 radical (unpaired) electrons. The summed E-state index contributed by atoms with van der Waals surface area (Å²) in [6.45, 7) is 5.29. The van der Waals surface area contributed by atoms with E-state index < -0.39 is 5.54 Å². The molecule has 4 nitrogen and oxygen atoms in total. The van der Waals surface area contributed by atoms with Crippen molar-refractivity contribution in [2.24, 2.45) is 5.92 Å². The fraction of sp³-hybridized carbons (Fsp3) is 0.429. The summed E-state index contributed by atoms with van der Waals surface area (Å²) in [7, 11) is 0. The number of nitriles is 1. The van der Waals surface area contributed by atoms with Crippen LogP contribution >= 0.6 is 11.6 Å². The van der Waals surface area contributed by atoms with Crippen LogP contribution in [0.25, 0.3) is 0 Å². The molecule has 0 bridgehead atoms. The van der Waals surface area contributed by atoms with Crippen LogP contribution in [0.2, 0.25) is 5.02 Å². The minimum Gasteiger partial charge on any atom is -0.484 e. The van der Waals surface area contributed by atoms with Crippen molar-refractivity contribution >= 4 is 17.5 Å². The van der Waals surface area contributed by atoms with E-state index in [4.69, 9.17) is 21.6 Å². The lowest BCUT2D eigenvalue weighted by Gasteiger charge is -2.27. The first-order valence-electron chi connectivity index (χ1n) is 5.98. The third-order valence-electron chi connectivity index (χ3n) is 2.95. The monoisotopic (exact) mass is 280 g/mol. The van der Waals surface area contributed by atoms with E-state index in [1.54, 1.807) is 31.2 Å². The van der Waals surface area contributed by atoms with Crippen LogP contribution in [0.15, 0.2) is 24.3 Å². The highest BCUT2D eigenvalue weighted by Gasteiger charge is 2.29. The Hall–Kier alpha value is -1.73. The fourth-order valence-electron chi connectivity index (χ4n) is 1.33. The fourth-order valence-corrected chi connectivity index (χ4v) is 1.51. The first-order chi connectivity index (χ1) is 8.87. The van der Waals surface area contributed by atoms with Crippen LogP contribution in [0.5, 0.6) is 5.75 Å². The Bertz CT molecular complexity index is 496. The Morgan fingerprint density at radius 1 is 1.58 bits per heavy atom. The molecule has 1 aromatic carbocycles. The van der Waals surface area contributed by atoms with E-state index in [0.717, 1.165) is 0 Å². The van der Waals surface area contributed by atoms with Gasteiger partial charge in [-0.2, -0.15) is 5.26 Å². The quantitative estimate of drug-likeness (QED) is 0.902. The summed E-state index contributed by atoms with van der Waals surface area (Å²) in [5.41, 5.74) is -0.894. The minimum atomic E-state index is -0.894. The molecule has 0 saturated carbocycles. The molecule has 1 amide bonds. The SMILES string of the molecule is CC(C)[C@](C)(C#N)NC(=O)COc1cccc(Cl)c1. The Morgan fingerprint density at radius 2 is 2.26 bits per heavy atom. The van der Waals surface area contributed by atoms with Crippen LogP contribution < -0.4 is 10.1 Å². The zero-order valence-corrected chi connectivity index (χ0v) is 12.0. The topological polar surface area (TPSA) is 62.1 Å². The highest BCUT2D eigenvalue weighted by molar-refractivity contribution is 6.30. The number of benzene rings is 1. The van der Waals surface area contributed by atoms with Crippen LogP contribution in [0.4, 0.5) is 0 Å². The second-order valence-electron chi connectivity index (χ2n) is 4.76. The van der Waals surface area contributed by atoms with Gasteiger partial charge in [0, 0.05) is 5.02 Å². The highest BCUT2D eigenvalue weighted by Crippen LogP contribution is 2.17. The number of rotatable bonds is 5. The van der Waals surface area contributed by atoms with Crippen molar-refractivity contribution in [2.45, 2.75) is 26.3 Å². The second kappa shape index (κ2) is 6.44. The smallest absolute Gasteiger partial charge is 0.259 e. The van der Waals surface area contributed by atoms with Crippen molar-refractivity contribution in [2.75, 3.05) is 6.61 Å². The zero-order valence-electron chi connectivity index (χ0n) is 11.2. The van der Waals surface area contributed by atoms with E-state index in [1.165, 1.54) is 0 Å². The van der Waals surface area contributed by atoms with Crippen molar-refractivity contribution in [3.8, 4) is 11.8 Å². The van der Waals surface area contributed by atoms with E-state index in [2.05, 4.69) is 11.4 Å². The van der Waals surface area contributed by atoms with E-state index in [-0.39, 0.29) is 18.4 Å². The number of ether oxygens (including phenoxy) is 1. The lowest BCUT2D eigenvalue weighted by molar-refractivity contribution is -0.124. The Morgan fingerprint density at radius 3 is 2.79 bits per heavy atom. The molecule has 5 heteroatoms. The maximum absolute atomic E-state index is 11.8. The standard InChI is InChI=1S/C14H17ClN2O2/c1-10(2)14(3,9-16)17-13(18)8-19-12-6-4-5-11(15)7-12/h4-7,10H,8H2,1-3H3,(H,17,18)/t14-/m0/s1. The number of hydrogen-bond donors (Lipinski definition) is 1. The Labute approximate surface area is 118 Å². The van der Waals surface area contributed by atoms with E-state index in [1.807, 2.05) is 13.8 Å². The van der Waals surface area contributed by atoms with Crippen molar-refractivity contribution in [3.05, 3.63) is 29.3 Å². The molecule has 1 aromatic rings. The largest absolute Gasteiger partial charge is 0.484 e. The molecule has 0 fully saturated rings. The van der Waals surface area contributed by atoms with Crippen LogP contribution in [-0.4, -0.2) is 18.1 Å². The van der Waals surface area contributed by atoms with Crippen LogP contribution in [0.3, 0.4) is 0 Å². The van der Waals surface area contributed by atoms with Gasteiger partial charge in [-0.1, -0.05) is 31.5 Å². The number of nitrogens with one attached hydrogen (secondary N) is 1. The summed E-state index contributed by atoms with van der Waals surface area (Å²) < 4.78 is 5.31. The first-order valence-corrected chi connectivity index (χ1v) is 6.36. The Kier molecular flexibility index (Phi) is 5.20. The maximum Gasteiger partial charge on any atom is 0.259 e. The predicted octanol–water partition coefficient (Wildman–Crippen LogP) is 2.77. The number of halogens is 1. The molecule has 19 heavy (non-hydrogen) atoms. The Balaban J connectivity index is 2.55. The molecular weight excluding hydrogens is 264 g/mol. The van der Waals surface area contributed by atoms with Crippen LogP contribution in [-0.2, 0) is 4.79 Å². The van der Waals surface area contributed by atoms with Gasteiger partial charge in [-0.05, 0) is 31.0 Å². The molecule has 0 aliphatic carbocycles. The minimum absolute atomic E-state index is 0.00706. The normalized spacial score (nSPS) is 13.5. The summed E-state index contributed by atoms with van der Waals surface area (Å²) in [4.78, 5) is 11.8. The molecule has 1 rings (SSSR count). The summed E-state index contributed by atoms with van der Waals surface area (Å²) >= 11 is 5.81. The average Bonchev–Trinajstić information content (AvgIpc) is 2.36. The van der Waals surface area contributed by atoms with E-state index in [9.17, 15) is 4.79 Å². The van der Waals surface area contributed by atoms with Crippen molar-refractivity contribution in [1.29, 1.82) is 5.26 Å². The van der Waals surface area contributed by atoms with Gasteiger partial charge < -0.3 is 10.1 Å². The molecule has 0 aliphatic rings. The van der Waals surface area contributed by atoms with Gasteiger partial charge in [-0.3, -0.25) is 4.79 Å². The molecule has 0 spiro atoms. The van der Waals surface area contributed by atoms with E-state index >= 15 is 0 Å². The van der Waals surface area contributed by atoms with Crippen molar-refractivity contribution < 1.29 is 9.53 Å². The zero-order chi connectivity index (χ0) is 14.5. The van der Waals surface area contributed by atoms with Gasteiger partial charge >= 0.3 is 0 Å². The molecule has 0 heterocycles. The lowest BCUT2D eigenvalue weighted by Crippen LogP contribution is -2.50. The predicted molar refractivity (Wildman–Crippen MR) is 73.9 cm³/mol. The second-order valence-corrected chi connectivity index (χ2v) is 5.20. The third-order valence-corrected chi connectivity index (χ3v) is 3.19. The molecule has 0 aromatic heterocycles. The van der Waals surface area contributed by atoms with Gasteiger partial charge in [-0.25, -0.2) is 0 Å². The lowest BCUT2D eigenvalue weighted by atomic mass is 9.90. The molecule has 0 aliphatic heterocycles. The van der Waals surface area contributed by atoms with Gasteiger partial charge in [0.15, 0.2) is 6.61 Å². The molecule has 102 valence electrons. The number of nitrogens with zero attached hydrogens (tertiary/aromatic N) is 1. The highest BCUT2D eigenvalue weighted by atomic mass is 35.5. The maximum atomic E-state index is 11.8. The van der Waals surface area contributed by atoms with Crippen molar-refractivity contribution in [1.82, 2.24) is 5.32 Å². The number of amides is 1. The summed E-state index contributed by atoms with van der Waals surface area (Å²) in [5, 5.41) is 12.3. The van der Waals surface area contributed by atoms with Gasteiger partial charge in [0.05, 0.1) is 6.07 Å². The van der Waals surface area contributed by atoms with E-state index in [0.29, 0.717) is 10.8 Å². The molecule has 1 N–H and O–H groups in total. The summed E-state index contributed by atoms with van der Waals surface area (Å²) in [6.07, 6.45) is 0. The van der Waals surface area contributed by atoms with Gasteiger partial charge in [0.25, 0.3) is 5.91 Å². The number of carbonyl (C=O) groups is 1.